The predicted molar refractivity (Wildman–Crippen MR) is 114 cm³/mol. The minimum atomic E-state index is -3.95. The van der Waals surface area contributed by atoms with Crippen LogP contribution >= 0.6 is 15.9 Å². The molecule has 2 N–H and O–H groups in total. The SMILES string of the molecule is COc1ccc(NC(=O)/C=C/c2ccco2)cc1S(=O)(=O)Nc1ccc(Br)cc1. The number of rotatable bonds is 7. The van der Waals surface area contributed by atoms with Gasteiger partial charge in [-0.1, -0.05) is 15.9 Å². The van der Waals surface area contributed by atoms with Gasteiger partial charge in [0.25, 0.3) is 10.0 Å². The molecule has 7 nitrogen and oxygen atoms in total. The smallest absolute Gasteiger partial charge is 0.265 e. The Morgan fingerprint density at radius 3 is 2.48 bits per heavy atom. The molecular formula is C20H17BrN2O5S. The highest BCUT2D eigenvalue weighted by atomic mass is 79.9. The van der Waals surface area contributed by atoms with Crippen LogP contribution in [0.4, 0.5) is 11.4 Å². The molecule has 0 radical (unpaired) electrons. The molecule has 0 saturated carbocycles. The van der Waals surface area contributed by atoms with Crippen LogP contribution < -0.4 is 14.8 Å². The van der Waals surface area contributed by atoms with Gasteiger partial charge in [0.2, 0.25) is 5.91 Å². The number of furan rings is 1. The Labute approximate surface area is 176 Å². The van der Waals surface area contributed by atoms with Crippen molar-refractivity contribution in [1.29, 1.82) is 0 Å². The summed E-state index contributed by atoms with van der Waals surface area (Å²) in [5.74, 6) is 0.242. The number of halogens is 1. The lowest BCUT2D eigenvalue weighted by molar-refractivity contribution is -0.111. The molecule has 29 heavy (non-hydrogen) atoms. The Kier molecular flexibility index (Phi) is 6.40. The summed E-state index contributed by atoms with van der Waals surface area (Å²) in [6, 6.07) is 14.5. The number of ether oxygens (including phenoxy) is 1. The zero-order valence-corrected chi connectivity index (χ0v) is 17.7. The zero-order valence-electron chi connectivity index (χ0n) is 15.3. The van der Waals surface area contributed by atoms with Crippen molar-refractivity contribution in [3.05, 3.63) is 77.2 Å². The van der Waals surface area contributed by atoms with E-state index in [4.69, 9.17) is 9.15 Å². The van der Waals surface area contributed by atoms with Crippen LogP contribution in [-0.2, 0) is 14.8 Å². The summed E-state index contributed by atoms with van der Waals surface area (Å²) in [4.78, 5) is 12.0. The topological polar surface area (TPSA) is 97.6 Å². The number of carbonyl (C=O) groups excluding carboxylic acids is 1. The third-order valence-corrected chi connectivity index (χ3v) is 5.69. The average Bonchev–Trinajstić information content (AvgIpc) is 3.22. The molecule has 1 heterocycles. The maximum atomic E-state index is 12.8. The molecule has 0 aliphatic carbocycles. The number of carbonyl (C=O) groups is 1. The second-order valence-electron chi connectivity index (χ2n) is 5.82. The van der Waals surface area contributed by atoms with Gasteiger partial charge in [0, 0.05) is 21.9 Å². The maximum Gasteiger partial charge on any atom is 0.265 e. The number of benzene rings is 2. The van der Waals surface area contributed by atoms with E-state index in [1.807, 2.05) is 0 Å². The van der Waals surface area contributed by atoms with E-state index in [0.717, 1.165) is 4.47 Å². The number of anilines is 2. The fourth-order valence-corrected chi connectivity index (χ4v) is 3.94. The second kappa shape index (κ2) is 8.97. The lowest BCUT2D eigenvalue weighted by Gasteiger charge is -2.13. The van der Waals surface area contributed by atoms with Gasteiger partial charge in [-0.25, -0.2) is 8.42 Å². The summed E-state index contributed by atoms with van der Waals surface area (Å²) < 4.78 is 39.3. The fourth-order valence-electron chi connectivity index (χ4n) is 2.42. The van der Waals surface area contributed by atoms with E-state index in [1.54, 1.807) is 42.5 Å². The molecule has 0 aliphatic heterocycles. The van der Waals surface area contributed by atoms with Gasteiger partial charge < -0.3 is 14.5 Å². The van der Waals surface area contributed by atoms with E-state index < -0.39 is 15.9 Å². The fraction of sp³-hybridized carbons (Fsp3) is 0.0500. The van der Waals surface area contributed by atoms with Crippen molar-refractivity contribution in [1.82, 2.24) is 0 Å². The summed E-state index contributed by atoms with van der Waals surface area (Å²) in [5, 5.41) is 2.62. The van der Waals surface area contributed by atoms with Crippen LogP contribution in [0, 0.1) is 0 Å². The molecule has 0 fully saturated rings. The molecule has 0 atom stereocenters. The Hall–Kier alpha value is -3.04. The summed E-state index contributed by atoms with van der Waals surface area (Å²) in [6.07, 6.45) is 4.29. The molecule has 9 heteroatoms. The van der Waals surface area contributed by atoms with Crippen molar-refractivity contribution >= 4 is 49.3 Å². The van der Waals surface area contributed by atoms with Crippen molar-refractivity contribution in [3.63, 3.8) is 0 Å². The van der Waals surface area contributed by atoms with Crippen LogP contribution in [0.2, 0.25) is 0 Å². The molecule has 0 bridgehead atoms. The van der Waals surface area contributed by atoms with Crippen molar-refractivity contribution in [3.8, 4) is 5.75 Å². The molecule has 150 valence electrons. The molecule has 0 aliphatic rings. The first-order valence-corrected chi connectivity index (χ1v) is 10.6. The molecule has 1 amide bonds. The van der Waals surface area contributed by atoms with Crippen LogP contribution in [-0.4, -0.2) is 21.4 Å². The molecule has 3 aromatic rings. The van der Waals surface area contributed by atoms with Gasteiger partial charge in [0.15, 0.2) is 0 Å². The average molecular weight is 477 g/mol. The minimum absolute atomic E-state index is 0.101. The Morgan fingerprint density at radius 1 is 1.10 bits per heavy atom. The number of hydrogen-bond acceptors (Lipinski definition) is 5. The Bertz CT molecular complexity index is 1120. The molecule has 3 rings (SSSR count). The highest BCUT2D eigenvalue weighted by Crippen LogP contribution is 2.29. The van der Waals surface area contributed by atoms with Gasteiger partial charge in [0.1, 0.15) is 16.4 Å². The van der Waals surface area contributed by atoms with Crippen molar-refractivity contribution in [2.75, 3.05) is 17.1 Å². The third kappa shape index (κ3) is 5.49. The van der Waals surface area contributed by atoms with Crippen LogP contribution in [0.3, 0.4) is 0 Å². The van der Waals surface area contributed by atoms with Gasteiger partial charge in [-0.3, -0.25) is 9.52 Å². The molecule has 0 spiro atoms. The number of amides is 1. The van der Waals surface area contributed by atoms with E-state index in [1.165, 1.54) is 37.7 Å². The lowest BCUT2D eigenvalue weighted by atomic mass is 10.3. The van der Waals surface area contributed by atoms with Crippen molar-refractivity contribution in [2.24, 2.45) is 0 Å². The maximum absolute atomic E-state index is 12.8. The van der Waals surface area contributed by atoms with Crippen LogP contribution in [0.15, 0.2) is 80.7 Å². The predicted octanol–water partition coefficient (Wildman–Crippen LogP) is 4.50. The highest BCUT2D eigenvalue weighted by Gasteiger charge is 2.21. The molecular weight excluding hydrogens is 460 g/mol. The molecule has 0 unspecified atom stereocenters. The monoisotopic (exact) mass is 476 g/mol. The molecule has 2 aromatic carbocycles. The lowest BCUT2D eigenvalue weighted by Crippen LogP contribution is -2.15. The van der Waals surface area contributed by atoms with Gasteiger partial charge in [-0.2, -0.15) is 0 Å². The normalized spacial score (nSPS) is 11.4. The van der Waals surface area contributed by atoms with E-state index in [9.17, 15) is 13.2 Å². The van der Waals surface area contributed by atoms with Gasteiger partial charge in [-0.15, -0.1) is 0 Å². The second-order valence-corrected chi connectivity index (χ2v) is 8.38. The summed E-state index contributed by atoms with van der Waals surface area (Å²) in [6.45, 7) is 0. The quantitative estimate of drug-likeness (QED) is 0.489. The van der Waals surface area contributed by atoms with E-state index in [-0.39, 0.29) is 10.6 Å². The minimum Gasteiger partial charge on any atom is -0.495 e. The van der Waals surface area contributed by atoms with Gasteiger partial charge >= 0.3 is 0 Å². The Balaban J connectivity index is 1.82. The van der Waals surface area contributed by atoms with Crippen LogP contribution in [0.5, 0.6) is 5.75 Å². The van der Waals surface area contributed by atoms with Gasteiger partial charge in [-0.05, 0) is 60.7 Å². The number of sulfonamides is 1. The standard InChI is InChI=1S/C20H17BrN2O5S/c1-27-18-10-8-16(22-20(24)11-9-17-3-2-12-28-17)13-19(18)29(25,26)23-15-6-4-14(21)5-7-15/h2-13,23H,1H3,(H,22,24)/b11-9+. The first-order chi connectivity index (χ1) is 13.9. The van der Waals surface area contributed by atoms with E-state index in [0.29, 0.717) is 17.1 Å². The summed E-state index contributed by atoms with van der Waals surface area (Å²) in [5.41, 5.74) is 0.696. The number of methoxy groups -OCH3 is 1. The summed E-state index contributed by atoms with van der Waals surface area (Å²) >= 11 is 3.30. The van der Waals surface area contributed by atoms with E-state index in [2.05, 4.69) is 26.0 Å². The van der Waals surface area contributed by atoms with Crippen molar-refractivity contribution in [2.45, 2.75) is 4.90 Å². The third-order valence-electron chi connectivity index (χ3n) is 3.76. The van der Waals surface area contributed by atoms with Crippen molar-refractivity contribution < 1.29 is 22.4 Å². The highest BCUT2D eigenvalue weighted by molar-refractivity contribution is 9.10. The first kappa shape index (κ1) is 20.7. The largest absolute Gasteiger partial charge is 0.495 e. The van der Waals surface area contributed by atoms with Crippen LogP contribution in [0.25, 0.3) is 6.08 Å². The van der Waals surface area contributed by atoms with Gasteiger partial charge in [0.05, 0.1) is 13.4 Å². The summed E-state index contributed by atoms with van der Waals surface area (Å²) in [7, 11) is -2.58. The van der Waals surface area contributed by atoms with E-state index >= 15 is 0 Å². The molecule has 1 aromatic heterocycles. The number of nitrogens with one attached hydrogen (secondary N) is 2. The van der Waals surface area contributed by atoms with Crippen LogP contribution in [0.1, 0.15) is 5.76 Å². The molecule has 0 saturated heterocycles. The Morgan fingerprint density at radius 2 is 1.83 bits per heavy atom. The first-order valence-electron chi connectivity index (χ1n) is 8.36. The zero-order chi connectivity index (χ0) is 20.9. The number of hydrogen-bond donors (Lipinski definition) is 2.